The summed E-state index contributed by atoms with van der Waals surface area (Å²) in [5, 5.41) is 7.55. The second-order valence-electron chi connectivity index (χ2n) is 5.21. The van der Waals surface area contributed by atoms with Crippen LogP contribution in [0.15, 0.2) is 27.5 Å². The molecule has 0 radical (unpaired) electrons. The Kier molecular flexibility index (Phi) is 2.26. The van der Waals surface area contributed by atoms with Crippen molar-refractivity contribution >= 4 is 0 Å². The van der Waals surface area contributed by atoms with Crippen molar-refractivity contribution in [3.63, 3.8) is 0 Å². The molecule has 1 saturated carbocycles. The van der Waals surface area contributed by atoms with Crippen molar-refractivity contribution in [2.24, 2.45) is 11.8 Å². The summed E-state index contributed by atoms with van der Waals surface area (Å²) in [6.07, 6.45) is 7.18. The van der Waals surface area contributed by atoms with E-state index in [1.54, 1.807) is 12.5 Å². The van der Waals surface area contributed by atoms with Crippen molar-refractivity contribution in [3.05, 3.63) is 24.5 Å². The molecular weight excluding hydrogens is 230 g/mol. The third-order valence-electron chi connectivity index (χ3n) is 4.23. The second kappa shape index (κ2) is 3.95. The molecule has 0 amide bonds. The van der Waals surface area contributed by atoms with Gasteiger partial charge in [-0.1, -0.05) is 11.6 Å². The van der Waals surface area contributed by atoms with Crippen LogP contribution in [0.25, 0.3) is 11.4 Å². The van der Waals surface area contributed by atoms with E-state index >= 15 is 0 Å². The number of hydrogen-bond donors (Lipinski definition) is 1. The summed E-state index contributed by atoms with van der Waals surface area (Å²) in [6, 6.07) is 2.08. The Hall–Kier alpha value is -1.62. The number of furan rings is 1. The Bertz CT molecular complexity index is 534. The minimum atomic E-state index is 0.241. The van der Waals surface area contributed by atoms with Crippen LogP contribution in [0, 0.1) is 11.8 Å². The van der Waals surface area contributed by atoms with Gasteiger partial charge in [-0.15, -0.1) is 0 Å². The Morgan fingerprint density at radius 3 is 3.22 bits per heavy atom. The van der Waals surface area contributed by atoms with E-state index in [-0.39, 0.29) is 6.04 Å². The normalized spacial score (nSPS) is 30.8. The van der Waals surface area contributed by atoms with E-state index in [2.05, 4.69) is 15.5 Å². The number of aromatic nitrogens is 2. The van der Waals surface area contributed by atoms with Crippen molar-refractivity contribution in [1.29, 1.82) is 0 Å². The summed E-state index contributed by atoms with van der Waals surface area (Å²) < 4.78 is 10.5. The summed E-state index contributed by atoms with van der Waals surface area (Å²) in [6.45, 7) is 1.08. The summed E-state index contributed by atoms with van der Waals surface area (Å²) in [7, 11) is 0. The van der Waals surface area contributed by atoms with E-state index in [4.69, 9.17) is 8.94 Å². The van der Waals surface area contributed by atoms with E-state index < -0.39 is 0 Å². The van der Waals surface area contributed by atoms with E-state index in [1.807, 2.05) is 6.07 Å². The first-order chi connectivity index (χ1) is 8.92. The molecule has 2 aliphatic rings. The highest BCUT2D eigenvalue weighted by Gasteiger charge is 2.42. The zero-order valence-electron chi connectivity index (χ0n) is 10.0. The first-order valence-electron chi connectivity index (χ1n) is 6.51. The van der Waals surface area contributed by atoms with Crippen molar-refractivity contribution in [2.45, 2.75) is 25.3 Å². The van der Waals surface area contributed by atoms with Gasteiger partial charge in [0.25, 0.3) is 0 Å². The molecule has 18 heavy (non-hydrogen) atoms. The summed E-state index contributed by atoms with van der Waals surface area (Å²) in [4.78, 5) is 4.49. The fourth-order valence-corrected chi connectivity index (χ4v) is 3.33. The molecule has 1 N–H and O–H groups in total. The number of nitrogens with one attached hydrogen (secondary N) is 1. The third kappa shape index (κ3) is 1.50. The van der Waals surface area contributed by atoms with Gasteiger partial charge in [0.15, 0.2) is 0 Å². The Morgan fingerprint density at radius 1 is 1.33 bits per heavy atom. The van der Waals surface area contributed by atoms with Crippen molar-refractivity contribution in [1.82, 2.24) is 15.5 Å². The second-order valence-corrected chi connectivity index (χ2v) is 5.21. The minimum Gasteiger partial charge on any atom is -0.472 e. The van der Waals surface area contributed by atoms with Crippen LogP contribution < -0.4 is 5.32 Å². The largest absolute Gasteiger partial charge is 0.472 e. The fourth-order valence-electron chi connectivity index (χ4n) is 3.33. The lowest BCUT2D eigenvalue weighted by atomic mass is 9.94. The molecule has 3 atom stereocenters. The molecule has 1 saturated heterocycles. The maximum atomic E-state index is 5.42. The topological polar surface area (TPSA) is 64.1 Å². The monoisotopic (exact) mass is 245 g/mol. The molecule has 0 bridgehead atoms. The molecule has 0 spiro atoms. The van der Waals surface area contributed by atoms with Crippen LogP contribution in [0.4, 0.5) is 0 Å². The van der Waals surface area contributed by atoms with Gasteiger partial charge in [-0.25, -0.2) is 0 Å². The van der Waals surface area contributed by atoms with Crippen LogP contribution >= 0.6 is 0 Å². The van der Waals surface area contributed by atoms with Crippen LogP contribution in [0.1, 0.15) is 31.2 Å². The van der Waals surface area contributed by atoms with Gasteiger partial charge in [-0.3, -0.25) is 0 Å². The van der Waals surface area contributed by atoms with Gasteiger partial charge in [0, 0.05) is 0 Å². The van der Waals surface area contributed by atoms with Crippen LogP contribution in [-0.2, 0) is 0 Å². The van der Waals surface area contributed by atoms with E-state index in [1.165, 1.54) is 19.3 Å². The lowest BCUT2D eigenvalue weighted by Gasteiger charge is -2.13. The van der Waals surface area contributed by atoms with Gasteiger partial charge in [-0.05, 0) is 37.3 Å². The molecule has 2 fully saturated rings. The molecule has 0 aromatic carbocycles. The summed E-state index contributed by atoms with van der Waals surface area (Å²) >= 11 is 0. The summed E-state index contributed by atoms with van der Waals surface area (Å²) in [5.41, 5.74) is 0.867. The first-order valence-corrected chi connectivity index (χ1v) is 6.51. The van der Waals surface area contributed by atoms with Crippen molar-refractivity contribution in [3.8, 4) is 11.4 Å². The molecule has 94 valence electrons. The van der Waals surface area contributed by atoms with E-state index in [9.17, 15) is 0 Å². The lowest BCUT2D eigenvalue weighted by Crippen LogP contribution is -2.18. The number of hydrogen-bond acceptors (Lipinski definition) is 5. The van der Waals surface area contributed by atoms with Crippen molar-refractivity contribution < 1.29 is 8.94 Å². The molecule has 3 heterocycles. The molecule has 2 aromatic heterocycles. The van der Waals surface area contributed by atoms with E-state index in [0.29, 0.717) is 11.7 Å². The lowest BCUT2D eigenvalue weighted by molar-refractivity contribution is 0.302. The van der Waals surface area contributed by atoms with Crippen molar-refractivity contribution in [2.75, 3.05) is 6.54 Å². The van der Waals surface area contributed by atoms with Crippen LogP contribution in [0.2, 0.25) is 0 Å². The molecule has 1 aliphatic heterocycles. The van der Waals surface area contributed by atoms with Crippen LogP contribution in [0.3, 0.4) is 0 Å². The molecule has 3 unspecified atom stereocenters. The number of nitrogens with zero attached hydrogens (tertiary/aromatic N) is 2. The molecule has 2 aromatic rings. The highest BCUT2D eigenvalue weighted by Crippen LogP contribution is 2.44. The molecule has 5 heteroatoms. The Labute approximate surface area is 105 Å². The minimum absolute atomic E-state index is 0.241. The third-order valence-corrected chi connectivity index (χ3v) is 4.23. The smallest absolute Gasteiger partial charge is 0.244 e. The zero-order valence-corrected chi connectivity index (χ0v) is 10.0. The van der Waals surface area contributed by atoms with E-state index in [0.717, 1.165) is 23.9 Å². The fraction of sp³-hybridized carbons (Fsp3) is 0.538. The zero-order chi connectivity index (χ0) is 11.9. The predicted octanol–water partition coefficient (Wildman–Crippen LogP) is 2.39. The quantitative estimate of drug-likeness (QED) is 0.880. The number of fused-ring (bicyclic) bond motifs is 1. The highest BCUT2D eigenvalue weighted by atomic mass is 16.5. The van der Waals surface area contributed by atoms with Gasteiger partial charge in [-0.2, -0.15) is 4.98 Å². The highest BCUT2D eigenvalue weighted by molar-refractivity contribution is 5.51. The predicted molar refractivity (Wildman–Crippen MR) is 63.6 cm³/mol. The standard InChI is InChI=1S/C13H15N3O2/c1-2-8-6-14-11(10(8)3-1)13-15-12(16-18-13)9-4-5-17-7-9/h4-5,7-8,10-11,14H,1-3,6H2. The van der Waals surface area contributed by atoms with Gasteiger partial charge < -0.3 is 14.3 Å². The van der Waals surface area contributed by atoms with Crippen LogP contribution in [-0.4, -0.2) is 16.7 Å². The van der Waals surface area contributed by atoms with Gasteiger partial charge in [0.1, 0.15) is 6.26 Å². The van der Waals surface area contributed by atoms with Gasteiger partial charge in [0.2, 0.25) is 11.7 Å². The van der Waals surface area contributed by atoms with Crippen LogP contribution in [0.5, 0.6) is 0 Å². The van der Waals surface area contributed by atoms with Gasteiger partial charge in [0.05, 0.1) is 17.9 Å². The average molecular weight is 245 g/mol. The Balaban J connectivity index is 1.62. The molecule has 4 rings (SSSR count). The first kappa shape index (κ1) is 10.3. The average Bonchev–Trinajstić information content (AvgIpc) is 3.13. The molecular formula is C13H15N3O2. The number of rotatable bonds is 2. The maximum Gasteiger partial charge on any atom is 0.244 e. The Morgan fingerprint density at radius 2 is 2.33 bits per heavy atom. The SMILES string of the molecule is c1cc(-c2noc(C3NCC4CCCC43)n2)co1. The summed E-state index contributed by atoms with van der Waals surface area (Å²) in [5.74, 6) is 2.80. The molecule has 1 aliphatic carbocycles. The molecule has 5 nitrogen and oxygen atoms in total. The maximum absolute atomic E-state index is 5.42. The van der Waals surface area contributed by atoms with Gasteiger partial charge >= 0.3 is 0 Å².